The molecule has 0 spiro atoms. The van der Waals surface area contributed by atoms with Gasteiger partial charge >= 0.3 is 0 Å². The molecule has 0 aliphatic carbocycles. The van der Waals surface area contributed by atoms with Crippen molar-refractivity contribution in [2.24, 2.45) is 0 Å². The highest BCUT2D eigenvalue weighted by molar-refractivity contribution is 8.00. The third kappa shape index (κ3) is 4.63. The van der Waals surface area contributed by atoms with E-state index in [0.717, 1.165) is 15.8 Å². The number of carbonyl (C=O) groups excluding carboxylic acids is 2. The number of nitrogens with zero attached hydrogens (tertiary/aromatic N) is 3. The normalized spacial score (nSPS) is 14.3. The van der Waals surface area contributed by atoms with Gasteiger partial charge in [-0.2, -0.15) is 0 Å². The van der Waals surface area contributed by atoms with Crippen molar-refractivity contribution in [1.29, 1.82) is 0 Å². The molecule has 152 valence electrons. The number of morpholine rings is 1. The largest absolute Gasteiger partial charge is 0.378 e. The van der Waals surface area contributed by atoms with E-state index in [1.165, 1.54) is 11.8 Å². The Morgan fingerprint density at radius 1 is 1.24 bits per heavy atom. The van der Waals surface area contributed by atoms with E-state index in [9.17, 15) is 9.59 Å². The number of benzene rings is 1. The van der Waals surface area contributed by atoms with Crippen LogP contribution in [0.5, 0.6) is 0 Å². The van der Waals surface area contributed by atoms with Crippen LogP contribution in [0.3, 0.4) is 0 Å². The molecule has 0 radical (unpaired) electrons. The van der Waals surface area contributed by atoms with Gasteiger partial charge in [-0.1, -0.05) is 23.4 Å². The fourth-order valence-electron chi connectivity index (χ4n) is 3.26. The standard InChI is InChI=1S/C20H22N4O4S/c1-14-10-18(22-28-14)21-19(25)13-29-17-11-24(16-5-3-2-4-15(16)17)12-20(26)23-6-8-27-9-7-23/h2-5,10-11H,6-9,12-13H2,1H3,(H,21,22,25). The molecule has 8 nitrogen and oxygen atoms in total. The summed E-state index contributed by atoms with van der Waals surface area (Å²) in [6.07, 6.45) is 1.95. The first-order valence-corrected chi connectivity index (χ1v) is 10.4. The van der Waals surface area contributed by atoms with Crippen molar-refractivity contribution in [3.63, 3.8) is 0 Å². The maximum atomic E-state index is 12.7. The average Bonchev–Trinajstić information content (AvgIpc) is 3.30. The zero-order chi connectivity index (χ0) is 20.2. The Morgan fingerprint density at radius 2 is 2.03 bits per heavy atom. The summed E-state index contributed by atoms with van der Waals surface area (Å²) in [5.74, 6) is 1.19. The van der Waals surface area contributed by atoms with E-state index in [2.05, 4.69) is 10.5 Å². The van der Waals surface area contributed by atoms with E-state index < -0.39 is 0 Å². The molecule has 1 fully saturated rings. The van der Waals surface area contributed by atoms with Crippen molar-refractivity contribution in [2.75, 3.05) is 37.4 Å². The Balaban J connectivity index is 1.45. The molecule has 0 bridgehead atoms. The Morgan fingerprint density at radius 3 is 2.79 bits per heavy atom. The quantitative estimate of drug-likeness (QED) is 0.624. The first-order chi connectivity index (χ1) is 14.1. The van der Waals surface area contributed by atoms with Gasteiger partial charge in [0.15, 0.2) is 5.82 Å². The molecule has 2 aromatic heterocycles. The van der Waals surface area contributed by atoms with Crippen LogP contribution in [0.1, 0.15) is 5.76 Å². The van der Waals surface area contributed by atoms with Crippen LogP contribution in [0.15, 0.2) is 45.9 Å². The van der Waals surface area contributed by atoms with Gasteiger partial charge in [-0.15, -0.1) is 11.8 Å². The molecular formula is C20H22N4O4S. The van der Waals surface area contributed by atoms with Crippen LogP contribution >= 0.6 is 11.8 Å². The van der Waals surface area contributed by atoms with Crippen LogP contribution in [0.4, 0.5) is 5.82 Å². The highest BCUT2D eigenvalue weighted by atomic mass is 32.2. The minimum absolute atomic E-state index is 0.0738. The molecule has 0 atom stereocenters. The number of hydrogen-bond acceptors (Lipinski definition) is 6. The van der Waals surface area contributed by atoms with Gasteiger partial charge in [-0.25, -0.2) is 0 Å². The summed E-state index contributed by atoms with van der Waals surface area (Å²) < 4.78 is 12.2. The predicted octanol–water partition coefficient (Wildman–Crippen LogP) is 2.53. The van der Waals surface area contributed by atoms with Gasteiger partial charge < -0.3 is 24.0 Å². The third-order valence-corrected chi connectivity index (χ3v) is 5.72. The zero-order valence-electron chi connectivity index (χ0n) is 16.1. The SMILES string of the molecule is Cc1cc(NC(=O)CSc2cn(CC(=O)N3CCOCC3)c3ccccc23)no1. The van der Waals surface area contributed by atoms with Crippen molar-refractivity contribution in [2.45, 2.75) is 18.4 Å². The number of nitrogens with one attached hydrogen (secondary N) is 1. The number of aryl methyl sites for hydroxylation is 1. The highest BCUT2D eigenvalue weighted by Gasteiger charge is 2.19. The molecule has 9 heteroatoms. The Hall–Kier alpha value is -2.78. The average molecular weight is 414 g/mol. The van der Waals surface area contributed by atoms with Gasteiger partial charge in [-0.05, 0) is 13.0 Å². The molecule has 1 aromatic carbocycles. The van der Waals surface area contributed by atoms with Crippen molar-refractivity contribution in [1.82, 2.24) is 14.6 Å². The van der Waals surface area contributed by atoms with Gasteiger partial charge in [-0.3, -0.25) is 9.59 Å². The molecule has 1 aliphatic heterocycles. The molecule has 29 heavy (non-hydrogen) atoms. The summed E-state index contributed by atoms with van der Waals surface area (Å²) in [6.45, 7) is 4.46. The van der Waals surface area contributed by atoms with E-state index in [1.54, 1.807) is 13.0 Å². The molecule has 0 saturated carbocycles. The summed E-state index contributed by atoms with van der Waals surface area (Å²) >= 11 is 1.43. The van der Waals surface area contributed by atoms with E-state index in [1.807, 2.05) is 39.9 Å². The molecular weight excluding hydrogens is 392 g/mol. The Bertz CT molecular complexity index is 1020. The number of thioether (sulfide) groups is 1. The number of ether oxygens (including phenoxy) is 1. The fourth-order valence-corrected chi connectivity index (χ4v) is 4.15. The van der Waals surface area contributed by atoms with E-state index in [4.69, 9.17) is 9.26 Å². The summed E-state index contributed by atoms with van der Waals surface area (Å²) in [4.78, 5) is 27.7. The Kier molecular flexibility index (Phi) is 5.86. The number of hydrogen-bond donors (Lipinski definition) is 1. The second-order valence-electron chi connectivity index (χ2n) is 6.79. The van der Waals surface area contributed by atoms with Gasteiger partial charge in [0.25, 0.3) is 0 Å². The molecule has 1 saturated heterocycles. The maximum absolute atomic E-state index is 12.7. The van der Waals surface area contributed by atoms with E-state index in [-0.39, 0.29) is 24.1 Å². The first kappa shape index (κ1) is 19.5. The smallest absolute Gasteiger partial charge is 0.242 e. The molecule has 1 N–H and O–H groups in total. The molecule has 4 rings (SSSR count). The lowest BCUT2D eigenvalue weighted by Gasteiger charge is -2.27. The molecule has 0 unspecified atom stereocenters. The minimum atomic E-state index is -0.162. The number of aromatic nitrogens is 2. The maximum Gasteiger partial charge on any atom is 0.242 e. The van der Waals surface area contributed by atoms with Crippen molar-refractivity contribution in [3.8, 4) is 0 Å². The molecule has 2 amide bonds. The van der Waals surface area contributed by atoms with Crippen LogP contribution in [-0.2, 0) is 20.9 Å². The number of carbonyl (C=O) groups is 2. The summed E-state index contributed by atoms with van der Waals surface area (Å²) in [5.41, 5.74) is 0.976. The topological polar surface area (TPSA) is 89.6 Å². The van der Waals surface area contributed by atoms with Gasteiger partial charge in [0.05, 0.1) is 19.0 Å². The van der Waals surface area contributed by atoms with E-state index >= 15 is 0 Å². The lowest BCUT2D eigenvalue weighted by Crippen LogP contribution is -2.42. The van der Waals surface area contributed by atoms with Crippen LogP contribution in [0, 0.1) is 6.92 Å². The van der Waals surface area contributed by atoms with Gasteiger partial charge in [0.1, 0.15) is 12.3 Å². The van der Waals surface area contributed by atoms with Gasteiger partial charge in [0.2, 0.25) is 11.8 Å². The second kappa shape index (κ2) is 8.71. The highest BCUT2D eigenvalue weighted by Crippen LogP contribution is 2.30. The fraction of sp³-hybridized carbons (Fsp3) is 0.350. The lowest BCUT2D eigenvalue weighted by molar-refractivity contribution is -0.135. The van der Waals surface area contributed by atoms with Gasteiger partial charge in [0, 0.05) is 41.2 Å². The zero-order valence-corrected chi connectivity index (χ0v) is 16.9. The number of rotatable bonds is 6. The number of fused-ring (bicyclic) bond motifs is 1. The van der Waals surface area contributed by atoms with Crippen LogP contribution in [0.2, 0.25) is 0 Å². The first-order valence-electron chi connectivity index (χ1n) is 9.39. The minimum Gasteiger partial charge on any atom is -0.378 e. The van der Waals surface area contributed by atoms with Crippen LogP contribution in [0.25, 0.3) is 10.9 Å². The Labute approximate surface area is 172 Å². The van der Waals surface area contributed by atoms with Crippen molar-refractivity contribution < 1.29 is 18.8 Å². The predicted molar refractivity (Wildman–Crippen MR) is 110 cm³/mol. The molecule has 3 heterocycles. The summed E-state index contributed by atoms with van der Waals surface area (Å²) in [6, 6.07) is 9.58. The third-order valence-electron chi connectivity index (χ3n) is 4.68. The summed E-state index contributed by atoms with van der Waals surface area (Å²) in [7, 11) is 0. The molecule has 3 aromatic rings. The van der Waals surface area contributed by atoms with Crippen LogP contribution < -0.4 is 5.32 Å². The van der Waals surface area contributed by atoms with Crippen molar-refractivity contribution >= 4 is 40.3 Å². The van der Waals surface area contributed by atoms with Crippen molar-refractivity contribution in [3.05, 3.63) is 42.3 Å². The number of anilines is 1. The number of para-hydroxylation sites is 1. The summed E-state index contributed by atoms with van der Waals surface area (Å²) in [5, 5.41) is 7.51. The molecule has 1 aliphatic rings. The second-order valence-corrected chi connectivity index (χ2v) is 7.81. The number of amides is 2. The van der Waals surface area contributed by atoms with E-state index in [0.29, 0.717) is 37.9 Å². The lowest BCUT2D eigenvalue weighted by atomic mass is 10.2. The van der Waals surface area contributed by atoms with Crippen LogP contribution in [-0.4, -0.2) is 58.5 Å². The monoisotopic (exact) mass is 414 g/mol.